The van der Waals surface area contributed by atoms with Gasteiger partial charge in [0.15, 0.2) is 0 Å². The van der Waals surface area contributed by atoms with Gasteiger partial charge in [0.2, 0.25) is 5.78 Å². The number of ketones is 1. The van der Waals surface area contributed by atoms with Crippen molar-refractivity contribution >= 4 is 11.5 Å². The molecule has 0 aromatic heterocycles. The topological polar surface area (TPSA) is 49.7 Å². The second-order valence-electron chi connectivity index (χ2n) is 7.96. The molecule has 2 aromatic carbocycles. The van der Waals surface area contributed by atoms with Crippen LogP contribution in [0.15, 0.2) is 59.3 Å². The Labute approximate surface area is 166 Å². The number of allylic oxidation sites excluding steroid dienone is 2. The molecule has 3 nitrogen and oxygen atoms in total. The molecule has 4 rings (SSSR count). The molecular weight excluding hydrogens is 346 g/mol. The SMILES string of the molecule is CCC(=CC1c2ccccc2-c2ccc(C(=O)C(C)=NO)cc21)C1CCCC1. The predicted molar refractivity (Wildman–Crippen MR) is 113 cm³/mol. The van der Waals surface area contributed by atoms with Gasteiger partial charge in [-0.1, -0.05) is 73.0 Å². The van der Waals surface area contributed by atoms with Gasteiger partial charge >= 0.3 is 0 Å². The minimum Gasteiger partial charge on any atom is -0.411 e. The summed E-state index contributed by atoms with van der Waals surface area (Å²) in [5.41, 5.74) is 7.21. The second kappa shape index (κ2) is 7.75. The van der Waals surface area contributed by atoms with Crippen LogP contribution in [0.1, 0.15) is 73.4 Å². The first-order valence-corrected chi connectivity index (χ1v) is 10.3. The van der Waals surface area contributed by atoms with Gasteiger partial charge in [-0.25, -0.2) is 0 Å². The number of carbonyl (C=O) groups is 1. The molecule has 1 fully saturated rings. The standard InChI is InChI=1S/C25H27NO2/c1-3-17(18-8-4-5-9-18)14-23-21-11-7-6-10-20(21)22-13-12-19(15-24(22)23)25(27)16(2)26-28/h6-7,10-15,18,23,28H,3-5,8-9H2,1-2H3. The van der Waals surface area contributed by atoms with E-state index in [-0.39, 0.29) is 17.4 Å². The van der Waals surface area contributed by atoms with Crippen LogP contribution in [0.2, 0.25) is 0 Å². The van der Waals surface area contributed by atoms with Crippen LogP contribution in [0.3, 0.4) is 0 Å². The van der Waals surface area contributed by atoms with Crippen LogP contribution >= 0.6 is 0 Å². The Morgan fingerprint density at radius 1 is 1.11 bits per heavy atom. The van der Waals surface area contributed by atoms with Crippen molar-refractivity contribution in [3.8, 4) is 11.1 Å². The molecule has 144 valence electrons. The quantitative estimate of drug-likeness (QED) is 0.218. The van der Waals surface area contributed by atoms with Crippen LogP contribution in [0, 0.1) is 5.92 Å². The number of hydrogen-bond acceptors (Lipinski definition) is 3. The van der Waals surface area contributed by atoms with E-state index in [2.05, 4.69) is 42.4 Å². The molecule has 0 saturated heterocycles. The molecule has 1 saturated carbocycles. The number of nitrogens with zero attached hydrogens (tertiary/aromatic N) is 1. The normalized spacial score (nSPS) is 19.6. The average Bonchev–Trinajstić information content (AvgIpc) is 3.37. The minimum atomic E-state index is -0.226. The Bertz CT molecular complexity index is 964. The van der Waals surface area contributed by atoms with E-state index in [9.17, 15) is 4.79 Å². The molecule has 1 unspecified atom stereocenters. The first-order chi connectivity index (χ1) is 13.6. The number of fused-ring (bicyclic) bond motifs is 3. The Morgan fingerprint density at radius 3 is 2.54 bits per heavy atom. The molecular formula is C25H27NO2. The smallest absolute Gasteiger partial charge is 0.210 e. The van der Waals surface area contributed by atoms with Gasteiger partial charge in [-0.3, -0.25) is 4.79 Å². The first-order valence-electron chi connectivity index (χ1n) is 10.3. The number of rotatable bonds is 5. The number of Topliss-reactive ketones (excluding diaryl/α,β-unsaturated/α-hetero) is 1. The van der Waals surface area contributed by atoms with Crippen molar-refractivity contribution in [3.05, 3.63) is 70.8 Å². The number of oxime groups is 1. The molecule has 1 N–H and O–H groups in total. The zero-order valence-electron chi connectivity index (χ0n) is 16.6. The maximum atomic E-state index is 12.5. The van der Waals surface area contributed by atoms with Crippen LogP contribution in [-0.4, -0.2) is 16.7 Å². The van der Waals surface area contributed by atoms with Crippen molar-refractivity contribution in [1.82, 2.24) is 0 Å². The summed E-state index contributed by atoms with van der Waals surface area (Å²) >= 11 is 0. The molecule has 2 aliphatic carbocycles. The Morgan fingerprint density at radius 2 is 1.82 bits per heavy atom. The molecule has 2 aliphatic rings. The molecule has 0 heterocycles. The fourth-order valence-corrected chi connectivity index (χ4v) is 4.87. The first kappa shape index (κ1) is 18.7. The van der Waals surface area contributed by atoms with E-state index in [0.29, 0.717) is 11.5 Å². The highest BCUT2D eigenvalue weighted by molar-refractivity contribution is 6.45. The molecule has 0 bridgehead atoms. The van der Waals surface area contributed by atoms with Gasteiger partial charge in [-0.2, -0.15) is 0 Å². The third kappa shape index (κ3) is 3.19. The molecule has 0 aliphatic heterocycles. The van der Waals surface area contributed by atoms with Crippen LogP contribution in [0.25, 0.3) is 11.1 Å². The molecule has 0 radical (unpaired) electrons. The molecule has 28 heavy (non-hydrogen) atoms. The Balaban J connectivity index is 1.82. The van der Waals surface area contributed by atoms with E-state index in [1.807, 2.05) is 18.2 Å². The fraction of sp³-hybridized carbons (Fsp3) is 0.360. The maximum absolute atomic E-state index is 12.5. The third-order valence-corrected chi connectivity index (χ3v) is 6.38. The highest BCUT2D eigenvalue weighted by atomic mass is 16.4. The van der Waals surface area contributed by atoms with Crippen LogP contribution < -0.4 is 0 Å². The van der Waals surface area contributed by atoms with Gasteiger partial charge in [0.1, 0.15) is 5.71 Å². The van der Waals surface area contributed by atoms with Crippen molar-refractivity contribution in [2.45, 2.75) is 51.9 Å². The van der Waals surface area contributed by atoms with E-state index in [0.717, 1.165) is 6.42 Å². The van der Waals surface area contributed by atoms with E-state index < -0.39 is 0 Å². The zero-order chi connectivity index (χ0) is 19.7. The lowest BCUT2D eigenvalue weighted by molar-refractivity contribution is 0.106. The summed E-state index contributed by atoms with van der Waals surface area (Å²) in [4.78, 5) is 12.5. The number of benzene rings is 2. The van der Waals surface area contributed by atoms with E-state index in [1.54, 1.807) is 5.57 Å². The average molecular weight is 373 g/mol. The van der Waals surface area contributed by atoms with E-state index in [1.165, 1.54) is 54.9 Å². The number of hydrogen-bond donors (Lipinski definition) is 1. The Kier molecular flexibility index (Phi) is 5.17. The van der Waals surface area contributed by atoms with Gasteiger partial charge in [0.05, 0.1) is 0 Å². The molecule has 0 amide bonds. The monoisotopic (exact) mass is 373 g/mol. The van der Waals surface area contributed by atoms with E-state index in [4.69, 9.17) is 5.21 Å². The van der Waals surface area contributed by atoms with Gasteiger partial charge in [-0.15, -0.1) is 0 Å². The van der Waals surface area contributed by atoms with Crippen molar-refractivity contribution < 1.29 is 10.0 Å². The molecule has 2 aromatic rings. The van der Waals surface area contributed by atoms with Crippen LogP contribution in [0.4, 0.5) is 0 Å². The van der Waals surface area contributed by atoms with Gasteiger partial charge in [0.25, 0.3) is 0 Å². The summed E-state index contributed by atoms with van der Waals surface area (Å²) in [5.74, 6) is 0.658. The lowest BCUT2D eigenvalue weighted by Crippen LogP contribution is -2.11. The third-order valence-electron chi connectivity index (χ3n) is 6.38. The lowest BCUT2D eigenvalue weighted by atomic mass is 9.87. The van der Waals surface area contributed by atoms with Crippen LogP contribution in [0.5, 0.6) is 0 Å². The Hall–Kier alpha value is -2.68. The van der Waals surface area contributed by atoms with Crippen molar-refractivity contribution in [3.63, 3.8) is 0 Å². The summed E-state index contributed by atoms with van der Waals surface area (Å²) in [6.45, 7) is 3.80. The molecule has 1 atom stereocenters. The predicted octanol–water partition coefficient (Wildman–Crippen LogP) is 6.36. The maximum Gasteiger partial charge on any atom is 0.210 e. The van der Waals surface area contributed by atoms with Crippen molar-refractivity contribution in [2.75, 3.05) is 0 Å². The van der Waals surface area contributed by atoms with Gasteiger partial charge < -0.3 is 5.21 Å². The van der Waals surface area contributed by atoms with Crippen molar-refractivity contribution in [2.24, 2.45) is 11.1 Å². The summed E-state index contributed by atoms with van der Waals surface area (Å²) < 4.78 is 0. The van der Waals surface area contributed by atoms with E-state index >= 15 is 0 Å². The summed E-state index contributed by atoms with van der Waals surface area (Å²) in [5, 5.41) is 12.1. The highest BCUT2D eigenvalue weighted by Crippen LogP contribution is 2.47. The largest absolute Gasteiger partial charge is 0.411 e. The zero-order valence-corrected chi connectivity index (χ0v) is 16.6. The molecule has 3 heteroatoms. The summed E-state index contributed by atoms with van der Waals surface area (Å²) in [6, 6.07) is 14.4. The minimum absolute atomic E-state index is 0.114. The van der Waals surface area contributed by atoms with Crippen molar-refractivity contribution in [1.29, 1.82) is 0 Å². The molecule has 0 spiro atoms. The second-order valence-corrected chi connectivity index (χ2v) is 7.96. The highest BCUT2D eigenvalue weighted by Gasteiger charge is 2.29. The lowest BCUT2D eigenvalue weighted by Gasteiger charge is -2.17. The fourth-order valence-electron chi connectivity index (χ4n) is 4.87. The number of carbonyl (C=O) groups excluding carboxylic acids is 1. The van der Waals surface area contributed by atoms with Gasteiger partial charge in [-0.05, 0) is 60.4 Å². The summed E-state index contributed by atoms with van der Waals surface area (Å²) in [6.07, 6.45) is 8.79. The summed E-state index contributed by atoms with van der Waals surface area (Å²) in [7, 11) is 0. The van der Waals surface area contributed by atoms with Gasteiger partial charge in [0, 0.05) is 11.5 Å². The van der Waals surface area contributed by atoms with Crippen LogP contribution in [-0.2, 0) is 0 Å².